The standard InChI is InChI=1S/C8H10N4O/c1-4-2-5(9)7-6(3-4)12(13)11-8(7)10/h2-3,13H,9H2,1H3,(H2,10,11). The first-order valence-corrected chi connectivity index (χ1v) is 3.83. The largest absolute Gasteiger partial charge is 0.411 e. The number of benzene rings is 1. The van der Waals surface area contributed by atoms with E-state index in [4.69, 9.17) is 11.5 Å². The van der Waals surface area contributed by atoms with Crippen molar-refractivity contribution in [1.29, 1.82) is 0 Å². The van der Waals surface area contributed by atoms with Gasteiger partial charge in [-0.1, -0.05) is 4.85 Å². The second-order valence-corrected chi connectivity index (χ2v) is 3.02. The zero-order chi connectivity index (χ0) is 9.59. The first-order valence-electron chi connectivity index (χ1n) is 3.83. The Morgan fingerprint density at radius 3 is 2.77 bits per heavy atom. The van der Waals surface area contributed by atoms with Crippen LogP contribution in [0.3, 0.4) is 0 Å². The fraction of sp³-hybridized carbons (Fsp3) is 0.125. The number of nitrogens with two attached hydrogens (primary N) is 2. The first-order chi connectivity index (χ1) is 6.09. The highest BCUT2D eigenvalue weighted by atomic mass is 16.5. The predicted octanol–water partition coefficient (Wildman–Crippen LogP) is 0.746. The molecule has 0 unspecified atom stereocenters. The summed E-state index contributed by atoms with van der Waals surface area (Å²) < 4.78 is 0. The van der Waals surface area contributed by atoms with Crippen molar-refractivity contribution in [2.45, 2.75) is 6.92 Å². The number of hydrogen-bond donors (Lipinski definition) is 3. The minimum atomic E-state index is 0.245. The Hall–Kier alpha value is -1.91. The average Bonchev–Trinajstić information content (AvgIpc) is 2.27. The lowest BCUT2D eigenvalue weighted by Crippen LogP contribution is -1.93. The van der Waals surface area contributed by atoms with Gasteiger partial charge in [0.1, 0.15) is 5.52 Å². The van der Waals surface area contributed by atoms with Gasteiger partial charge in [-0.25, -0.2) is 0 Å². The first kappa shape index (κ1) is 7.72. The van der Waals surface area contributed by atoms with Gasteiger partial charge in [0.2, 0.25) is 0 Å². The number of hydrogen-bond acceptors (Lipinski definition) is 4. The summed E-state index contributed by atoms with van der Waals surface area (Å²) in [5.41, 5.74) is 13.3. The molecule has 0 bridgehead atoms. The van der Waals surface area contributed by atoms with E-state index in [2.05, 4.69) is 5.10 Å². The molecule has 0 atom stereocenters. The SMILES string of the molecule is Cc1cc(N)c2c(N)nn(O)c2c1. The van der Waals surface area contributed by atoms with Gasteiger partial charge in [0.05, 0.1) is 5.39 Å². The van der Waals surface area contributed by atoms with Crippen LogP contribution in [0.25, 0.3) is 10.9 Å². The predicted molar refractivity (Wildman–Crippen MR) is 50.5 cm³/mol. The van der Waals surface area contributed by atoms with Crippen molar-refractivity contribution in [3.63, 3.8) is 0 Å². The van der Waals surface area contributed by atoms with Crippen molar-refractivity contribution in [3.8, 4) is 0 Å². The Bertz CT molecular complexity index is 474. The van der Waals surface area contributed by atoms with Crippen LogP contribution in [0.4, 0.5) is 11.5 Å². The monoisotopic (exact) mass is 178 g/mol. The summed E-state index contributed by atoms with van der Waals surface area (Å²) in [4.78, 5) is 0.744. The van der Waals surface area contributed by atoms with Crippen LogP contribution in [0.2, 0.25) is 0 Å². The second-order valence-electron chi connectivity index (χ2n) is 3.02. The normalized spacial score (nSPS) is 10.8. The third-order valence-corrected chi connectivity index (χ3v) is 1.97. The summed E-state index contributed by atoms with van der Waals surface area (Å²) in [7, 11) is 0. The van der Waals surface area contributed by atoms with E-state index in [-0.39, 0.29) is 5.82 Å². The van der Waals surface area contributed by atoms with E-state index in [1.54, 1.807) is 12.1 Å². The summed E-state index contributed by atoms with van der Waals surface area (Å²) in [6.45, 7) is 1.89. The average molecular weight is 178 g/mol. The van der Waals surface area contributed by atoms with E-state index >= 15 is 0 Å². The zero-order valence-electron chi connectivity index (χ0n) is 7.15. The lowest BCUT2D eigenvalue weighted by molar-refractivity contribution is 0.162. The molecular formula is C8H10N4O. The maximum atomic E-state index is 9.31. The Balaban J connectivity index is 2.97. The van der Waals surface area contributed by atoms with Crippen molar-refractivity contribution in [1.82, 2.24) is 9.94 Å². The van der Waals surface area contributed by atoms with Crippen LogP contribution in [-0.4, -0.2) is 15.2 Å². The number of fused-ring (bicyclic) bond motifs is 1. The van der Waals surface area contributed by atoms with Gasteiger partial charge in [0.25, 0.3) is 0 Å². The molecule has 2 aromatic rings. The number of aromatic nitrogens is 2. The van der Waals surface area contributed by atoms with Crippen LogP contribution < -0.4 is 11.5 Å². The van der Waals surface area contributed by atoms with E-state index in [0.717, 1.165) is 10.4 Å². The highest BCUT2D eigenvalue weighted by molar-refractivity contribution is 5.99. The van der Waals surface area contributed by atoms with Gasteiger partial charge in [0, 0.05) is 5.69 Å². The smallest absolute Gasteiger partial charge is 0.159 e. The summed E-state index contributed by atoms with van der Waals surface area (Å²) in [5.74, 6) is 0.245. The molecule has 1 aromatic heterocycles. The van der Waals surface area contributed by atoms with Crippen LogP contribution in [0.15, 0.2) is 12.1 Å². The Morgan fingerprint density at radius 2 is 2.08 bits per heavy atom. The van der Waals surface area contributed by atoms with Crippen molar-refractivity contribution >= 4 is 22.4 Å². The van der Waals surface area contributed by atoms with Crippen LogP contribution in [-0.2, 0) is 0 Å². The molecule has 1 aromatic carbocycles. The molecule has 0 amide bonds. The van der Waals surface area contributed by atoms with Gasteiger partial charge in [-0.15, -0.1) is 5.10 Å². The van der Waals surface area contributed by atoms with E-state index in [0.29, 0.717) is 16.6 Å². The molecule has 5 N–H and O–H groups in total. The van der Waals surface area contributed by atoms with Crippen LogP contribution >= 0.6 is 0 Å². The summed E-state index contributed by atoms with van der Waals surface area (Å²) >= 11 is 0. The molecule has 5 nitrogen and oxygen atoms in total. The third-order valence-electron chi connectivity index (χ3n) is 1.97. The summed E-state index contributed by atoms with van der Waals surface area (Å²) in [5, 5.41) is 13.6. The van der Waals surface area contributed by atoms with Crippen molar-refractivity contribution < 1.29 is 5.21 Å². The lowest BCUT2D eigenvalue weighted by Gasteiger charge is -1.99. The molecule has 5 heteroatoms. The van der Waals surface area contributed by atoms with Gasteiger partial charge < -0.3 is 16.7 Å². The maximum absolute atomic E-state index is 9.31. The Kier molecular flexibility index (Phi) is 1.36. The number of aryl methyl sites for hydroxylation is 1. The van der Waals surface area contributed by atoms with Gasteiger partial charge in [-0.05, 0) is 24.6 Å². The topological polar surface area (TPSA) is 90.1 Å². The zero-order valence-corrected chi connectivity index (χ0v) is 7.15. The van der Waals surface area contributed by atoms with E-state index < -0.39 is 0 Å². The molecule has 0 spiro atoms. The molecule has 2 rings (SSSR count). The van der Waals surface area contributed by atoms with Gasteiger partial charge in [0.15, 0.2) is 5.82 Å². The van der Waals surface area contributed by atoms with Crippen molar-refractivity contribution in [3.05, 3.63) is 17.7 Å². The van der Waals surface area contributed by atoms with E-state index in [1.807, 2.05) is 6.92 Å². The molecule has 0 fully saturated rings. The fourth-order valence-corrected chi connectivity index (χ4v) is 1.44. The molecule has 0 radical (unpaired) electrons. The Labute approximate surface area is 74.5 Å². The Morgan fingerprint density at radius 1 is 1.38 bits per heavy atom. The fourth-order valence-electron chi connectivity index (χ4n) is 1.44. The molecule has 0 aliphatic carbocycles. The molecule has 0 aliphatic rings. The quantitative estimate of drug-likeness (QED) is 0.410. The van der Waals surface area contributed by atoms with Gasteiger partial charge in [-0.2, -0.15) is 0 Å². The minimum Gasteiger partial charge on any atom is -0.411 e. The number of nitrogens with zero attached hydrogens (tertiary/aromatic N) is 2. The summed E-state index contributed by atoms with van der Waals surface area (Å²) in [6.07, 6.45) is 0. The van der Waals surface area contributed by atoms with Crippen LogP contribution in [0.1, 0.15) is 5.56 Å². The van der Waals surface area contributed by atoms with Gasteiger partial charge in [-0.3, -0.25) is 0 Å². The van der Waals surface area contributed by atoms with E-state index in [1.165, 1.54) is 0 Å². The highest BCUT2D eigenvalue weighted by Crippen LogP contribution is 2.27. The molecule has 0 saturated carbocycles. The molecule has 13 heavy (non-hydrogen) atoms. The molecule has 0 aliphatic heterocycles. The number of anilines is 2. The van der Waals surface area contributed by atoms with E-state index in [9.17, 15) is 5.21 Å². The van der Waals surface area contributed by atoms with Crippen molar-refractivity contribution in [2.24, 2.45) is 0 Å². The van der Waals surface area contributed by atoms with Crippen LogP contribution in [0, 0.1) is 6.92 Å². The third kappa shape index (κ3) is 0.970. The maximum Gasteiger partial charge on any atom is 0.159 e. The highest BCUT2D eigenvalue weighted by Gasteiger charge is 2.10. The number of rotatable bonds is 0. The summed E-state index contributed by atoms with van der Waals surface area (Å²) in [6, 6.07) is 3.56. The lowest BCUT2D eigenvalue weighted by atomic mass is 10.1. The minimum absolute atomic E-state index is 0.245. The molecule has 1 heterocycles. The molecule has 68 valence electrons. The van der Waals surface area contributed by atoms with Gasteiger partial charge >= 0.3 is 0 Å². The van der Waals surface area contributed by atoms with Crippen molar-refractivity contribution in [2.75, 3.05) is 11.5 Å². The molecular weight excluding hydrogens is 168 g/mol. The second kappa shape index (κ2) is 2.29. The number of nitrogen functional groups attached to an aromatic ring is 2. The molecule has 0 saturated heterocycles. The van der Waals surface area contributed by atoms with Crippen LogP contribution in [0.5, 0.6) is 0 Å².